The van der Waals surface area contributed by atoms with Crippen molar-refractivity contribution >= 4 is 23.5 Å². The van der Waals surface area contributed by atoms with Crippen LogP contribution in [0.25, 0.3) is 11.3 Å². The largest absolute Gasteiger partial charge is 0.507 e. The number of primary amides is 1. The summed E-state index contributed by atoms with van der Waals surface area (Å²) in [6, 6.07) is 7.55. The maximum absolute atomic E-state index is 13.8. The Balaban J connectivity index is 2.10. The summed E-state index contributed by atoms with van der Waals surface area (Å²) in [7, 11) is 1.58. The SMILES string of the molecule is CN=c1scc(-c2ccc(O)c(C(N)=O)c2)n1/N=C\c1ccc(F)cc1F. The molecule has 0 atom stereocenters. The molecule has 1 amide bonds. The Morgan fingerprint density at radius 3 is 2.70 bits per heavy atom. The van der Waals surface area contributed by atoms with E-state index in [4.69, 9.17) is 5.73 Å². The number of rotatable bonds is 4. The van der Waals surface area contributed by atoms with Crippen molar-refractivity contribution in [3.8, 4) is 17.0 Å². The molecule has 0 saturated heterocycles. The van der Waals surface area contributed by atoms with E-state index in [-0.39, 0.29) is 16.9 Å². The first-order valence-electron chi connectivity index (χ1n) is 7.66. The van der Waals surface area contributed by atoms with Crippen molar-refractivity contribution in [2.75, 3.05) is 7.05 Å². The van der Waals surface area contributed by atoms with Crippen LogP contribution in [0.1, 0.15) is 15.9 Å². The van der Waals surface area contributed by atoms with Crippen LogP contribution in [0, 0.1) is 11.6 Å². The molecule has 0 spiro atoms. The summed E-state index contributed by atoms with van der Waals surface area (Å²) in [5.74, 6) is -2.42. The van der Waals surface area contributed by atoms with Crippen molar-refractivity contribution in [2.45, 2.75) is 0 Å². The lowest BCUT2D eigenvalue weighted by molar-refractivity contribution is 0.0998. The van der Waals surface area contributed by atoms with E-state index >= 15 is 0 Å². The molecule has 6 nitrogen and oxygen atoms in total. The summed E-state index contributed by atoms with van der Waals surface area (Å²) in [5, 5.41) is 15.7. The molecular weight excluding hydrogens is 374 g/mol. The first kappa shape index (κ1) is 18.5. The summed E-state index contributed by atoms with van der Waals surface area (Å²) in [6.45, 7) is 0. The molecule has 1 aromatic heterocycles. The minimum absolute atomic E-state index is 0.0335. The fraction of sp³-hybridized carbons (Fsp3) is 0.0556. The van der Waals surface area contributed by atoms with Crippen LogP contribution in [-0.4, -0.2) is 29.0 Å². The molecule has 3 rings (SSSR count). The van der Waals surface area contributed by atoms with Gasteiger partial charge < -0.3 is 10.8 Å². The van der Waals surface area contributed by atoms with Gasteiger partial charge in [-0.05, 0) is 30.3 Å². The summed E-state index contributed by atoms with van der Waals surface area (Å²) in [4.78, 5) is 16.1. The first-order valence-corrected chi connectivity index (χ1v) is 8.54. The van der Waals surface area contributed by atoms with Gasteiger partial charge >= 0.3 is 0 Å². The number of hydrogen-bond acceptors (Lipinski definition) is 5. The summed E-state index contributed by atoms with van der Waals surface area (Å²) in [6.07, 6.45) is 1.25. The minimum atomic E-state index is -0.770. The second-order valence-corrected chi connectivity index (χ2v) is 6.28. The Labute approximate surface area is 156 Å². The highest BCUT2D eigenvalue weighted by atomic mass is 32.1. The van der Waals surface area contributed by atoms with Gasteiger partial charge in [0.1, 0.15) is 17.4 Å². The molecule has 138 valence electrons. The topological polar surface area (TPSA) is 93.0 Å². The third kappa shape index (κ3) is 3.77. The monoisotopic (exact) mass is 388 g/mol. The number of benzene rings is 2. The van der Waals surface area contributed by atoms with Crippen molar-refractivity contribution in [3.63, 3.8) is 0 Å². The fourth-order valence-electron chi connectivity index (χ4n) is 2.38. The average molecular weight is 388 g/mol. The highest BCUT2D eigenvalue weighted by molar-refractivity contribution is 7.07. The lowest BCUT2D eigenvalue weighted by Crippen LogP contribution is -2.13. The van der Waals surface area contributed by atoms with Gasteiger partial charge in [0.2, 0.25) is 4.80 Å². The van der Waals surface area contributed by atoms with E-state index in [0.717, 1.165) is 12.1 Å². The Bertz CT molecular complexity index is 1120. The van der Waals surface area contributed by atoms with Gasteiger partial charge in [-0.25, -0.2) is 13.5 Å². The maximum Gasteiger partial charge on any atom is 0.252 e. The van der Waals surface area contributed by atoms with Crippen LogP contribution < -0.4 is 10.5 Å². The van der Waals surface area contributed by atoms with Gasteiger partial charge in [-0.2, -0.15) is 5.10 Å². The number of carbonyl (C=O) groups is 1. The molecule has 3 N–H and O–H groups in total. The number of aromatic hydroxyl groups is 1. The van der Waals surface area contributed by atoms with Crippen molar-refractivity contribution in [3.05, 3.63) is 69.3 Å². The normalized spacial score (nSPS) is 12.0. The number of hydrogen-bond donors (Lipinski definition) is 2. The van der Waals surface area contributed by atoms with E-state index in [0.29, 0.717) is 16.1 Å². The quantitative estimate of drug-likeness (QED) is 0.673. The second kappa shape index (κ2) is 7.50. The number of halogens is 2. The third-order valence-corrected chi connectivity index (χ3v) is 4.62. The van der Waals surface area contributed by atoms with E-state index in [1.54, 1.807) is 18.5 Å². The van der Waals surface area contributed by atoms with Crippen LogP contribution in [0.5, 0.6) is 5.75 Å². The van der Waals surface area contributed by atoms with Crippen LogP contribution in [-0.2, 0) is 0 Å². The van der Waals surface area contributed by atoms with Gasteiger partial charge in [0.05, 0.1) is 17.5 Å². The van der Waals surface area contributed by atoms with Gasteiger partial charge in [-0.3, -0.25) is 9.79 Å². The van der Waals surface area contributed by atoms with E-state index in [9.17, 15) is 18.7 Å². The van der Waals surface area contributed by atoms with Crippen LogP contribution >= 0.6 is 11.3 Å². The van der Waals surface area contributed by atoms with E-state index in [2.05, 4.69) is 10.1 Å². The van der Waals surface area contributed by atoms with Gasteiger partial charge in [-0.15, -0.1) is 11.3 Å². The molecule has 0 aliphatic rings. The van der Waals surface area contributed by atoms with Gasteiger partial charge in [0.15, 0.2) is 0 Å². The van der Waals surface area contributed by atoms with Gasteiger partial charge in [-0.1, -0.05) is 0 Å². The maximum atomic E-state index is 13.8. The lowest BCUT2D eigenvalue weighted by atomic mass is 10.1. The van der Waals surface area contributed by atoms with Crippen molar-refractivity contribution < 1.29 is 18.7 Å². The zero-order valence-electron chi connectivity index (χ0n) is 14.1. The Morgan fingerprint density at radius 2 is 2.04 bits per heavy atom. The first-order chi connectivity index (χ1) is 12.9. The van der Waals surface area contributed by atoms with Crippen LogP contribution in [0.4, 0.5) is 8.78 Å². The molecule has 0 aliphatic carbocycles. The number of nitrogens with two attached hydrogens (primary N) is 1. The molecule has 0 bridgehead atoms. The second-order valence-electron chi connectivity index (χ2n) is 5.45. The van der Waals surface area contributed by atoms with Crippen LogP contribution in [0.3, 0.4) is 0 Å². The zero-order valence-corrected chi connectivity index (χ0v) is 14.9. The van der Waals surface area contributed by atoms with Crippen LogP contribution in [0.15, 0.2) is 51.9 Å². The number of amides is 1. The van der Waals surface area contributed by atoms with Crippen molar-refractivity contribution in [1.82, 2.24) is 4.68 Å². The lowest BCUT2D eigenvalue weighted by Gasteiger charge is -2.06. The summed E-state index contributed by atoms with van der Waals surface area (Å²) >= 11 is 1.28. The van der Waals surface area contributed by atoms with Crippen molar-refractivity contribution in [1.29, 1.82) is 0 Å². The number of aromatic nitrogens is 1. The molecule has 27 heavy (non-hydrogen) atoms. The summed E-state index contributed by atoms with van der Waals surface area (Å²) in [5.41, 5.74) is 6.46. The predicted octanol–water partition coefficient (Wildman–Crippen LogP) is 2.71. The number of thiazole rings is 1. The Hall–Kier alpha value is -3.33. The van der Waals surface area contributed by atoms with Crippen LogP contribution in [0.2, 0.25) is 0 Å². The molecular formula is C18H14F2N4O2S. The molecule has 0 unspecified atom stereocenters. The highest BCUT2D eigenvalue weighted by Gasteiger charge is 2.13. The summed E-state index contributed by atoms with van der Waals surface area (Å²) < 4.78 is 28.3. The van der Waals surface area contributed by atoms with E-state index in [1.165, 1.54) is 40.4 Å². The minimum Gasteiger partial charge on any atom is -0.507 e. The van der Waals surface area contributed by atoms with Gasteiger partial charge in [0.25, 0.3) is 5.91 Å². The Kier molecular flexibility index (Phi) is 5.13. The zero-order chi connectivity index (χ0) is 19.6. The highest BCUT2D eigenvalue weighted by Crippen LogP contribution is 2.26. The van der Waals surface area contributed by atoms with Gasteiger partial charge in [0, 0.05) is 29.6 Å². The Morgan fingerprint density at radius 1 is 1.26 bits per heavy atom. The molecule has 0 fully saturated rings. The standard InChI is InChI=1S/C18H14F2N4O2S/c1-22-18-24(23-8-11-2-4-12(19)7-14(11)20)15(9-27-18)10-3-5-16(25)13(6-10)17(21)26/h2-9,25H,1H3,(H2,21,26)/b22-18?,23-8-. The molecule has 9 heteroatoms. The molecule has 2 aromatic carbocycles. The third-order valence-electron chi connectivity index (χ3n) is 3.71. The molecule has 0 radical (unpaired) electrons. The molecule has 1 heterocycles. The number of phenols is 1. The molecule has 0 saturated carbocycles. The van der Waals surface area contributed by atoms with Crippen molar-refractivity contribution in [2.24, 2.45) is 15.8 Å². The van der Waals surface area contributed by atoms with E-state index < -0.39 is 17.5 Å². The fourth-order valence-corrected chi connectivity index (χ4v) is 3.18. The number of nitrogens with zero attached hydrogens (tertiary/aromatic N) is 3. The van der Waals surface area contributed by atoms with E-state index in [1.807, 2.05) is 0 Å². The average Bonchev–Trinajstić information content (AvgIpc) is 3.04. The predicted molar refractivity (Wildman–Crippen MR) is 98.8 cm³/mol. The number of carbonyl (C=O) groups excluding carboxylic acids is 1. The molecule has 0 aliphatic heterocycles. The molecule has 3 aromatic rings. The smallest absolute Gasteiger partial charge is 0.252 e.